The number of methoxy groups -OCH3 is 1. The highest BCUT2D eigenvalue weighted by Gasteiger charge is 2.13. The molecule has 0 saturated carbocycles. The van der Waals surface area contributed by atoms with Crippen LogP contribution in [0, 0.1) is 6.92 Å². The summed E-state index contributed by atoms with van der Waals surface area (Å²) in [5, 5.41) is 5.73. The lowest BCUT2D eigenvalue weighted by Gasteiger charge is -2.12. The molecular formula is C21H27N3O3. The molecule has 144 valence electrons. The molecule has 27 heavy (non-hydrogen) atoms. The number of carbonyl (C=O) groups excluding carboxylic acids is 2. The zero-order valence-electron chi connectivity index (χ0n) is 16.3. The number of benzene rings is 2. The summed E-state index contributed by atoms with van der Waals surface area (Å²) in [5.74, 6) is 0.112. The predicted octanol–water partition coefficient (Wildman–Crippen LogP) is 2.94. The number of nitrogens with zero attached hydrogens (tertiary/aromatic N) is 1. The molecule has 0 atom stereocenters. The third kappa shape index (κ3) is 6.11. The normalized spacial score (nSPS) is 10.6. The molecule has 0 heterocycles. The van der Waals surface area contributed by atoms with Crippen molar-refractivity contribution in [2.45, 2.75) is 13.3 Å². The van der Waals surface area contributed by atoms with Gasteiger partial charge in [-0.15, -0.1) is 0 Å². The van der Waals surface area contributed by atoms with E-state index in [-0.39, 0.29) is 11.8 Å². The van der Waals surface area contributed by atoms with Crippen molar-refractivity contribution in [3.05, 3.63) is 59.2 Å². The molecule has 0 saturated heterocycles. The van der Waals surface area contributed by atoms with Crippen LogP contribution in [0.2, 0.25) is 0 Å². The molecule has 0 aliphatic rings. The van der Waals surface area contributed by atoms with Gasteiger partial charge in [0.25, 0.3) is 11.8 Å². The summed E-state index contributed by atoms with van der Waals surface area (Å²) in [6, 6.07) is 12.2. The van der Waals surface area contributed by atoms with Gasteiger partial charge in [-0.25, -0.2) is 0 Å². The molecule has 6 heteroatoms. The van der Waals surface area contributed by atoms with Gasteiger partial charge in [0.2, 0.25) is 0 Å². The van der Waals surface area contributed by atoms with Gasteiger partial charge in [0.1, 0.15) is 5.75 Å². The summed E-state index contributed by atoms with van der Waals surface area (Å²) in [6.07, 6.45) is 0.867. The Bertz CT molecular complexity index is 803. The minimum Gasteiger partial charge on any atom is -0.495 e. The van der Waals surface area contributed by atoms with E-state index in [1.165, 1.54) is 0 Å². The van der Waals surface area contributed by atoms with Crippen LogP contribution in [0.15, 0.2) is 42.5 Å². The SMILES string of the molecule is COc1ccc(C)cc1NC(=O)c1cccc(C(=O)NCCCN(C)C)c1. The molecule has 0 aliphatic carbocycles. The average Bonchev–Trinajstić information content (AvgIpc) is 2.65. The lowest BCUT2D eigenvalue weighted by Crippen LogP contribution is -2.27. The Morgan fingerprint density at radius 2 is 1.74 bits per heavy atom. The van der Waals surface area contributed by atoms with E-state index < -0.39 is 0 Å². The monoisotopic (exact) mass is 369 g/mol. The maximum Gasteiger partial charge on any atom is 0.255 e. The molecule has 2 aromatic rings. The molecule has 0 fully saturated rings. The first kappa shape index (κ1) is 20.5. The highest BCUT2D eigenvalue weighted by atomic mass is 16.5. The van der Waals surface area contributed by atoms with Crippen LogP contribution in [0.5, 0.6) is 5.75 Å². The minimum atomic E-state index is -0.291. The fourth-order valence-corrected chi connectivity index (χ4v) is 2.61. The van der Waals surface area contributed by atoms with E-state index in [0.29, 0.717) is 29.1 Å². The van der Waals surface area contributed by atoms with E-state index in [4.69, 9.17) is 4.74 Å². The maximum atomic E-state index is 12.6. The molecule has 0 aromatic heterocycles. The third-order valence-corrected chi connectivity index (χ3v) is 4.06. The number of ether oxygens (including phenoxy) is 1. The van der Waals surface area contributed by atoms with Crippen LogP contribution in [0.25, 0.3) is 0 Å². The number of rotatable bonds is 8. The van der Waals surface area contributed by atoms with Crippen LogP contribution in [0.3, 0.4) is 0 Å². The quantitative estimate of drug-likeness (QED) is 0.702. The van der Waals surface area contributed by atoms with Gasteiger partial charge in [0, 0.05) is 17.7 Å². The van der Waals surface area contributed by atoms with Crippen molar-refractivity contribution in [2.24, 2.45) is 0 Å². The van der Waals surface area contributed by atoms with Crippen molar-refractivity contribution >= 4 is 17.5 Å². The largest absolute Gasteiger partial charge is 0.495 e. The summed E-state index contributed by atoms with van der Waals surface area (Å²) in [5.41, 5.74) is 2.49. The minimum absolute atomic E-state index is 0.184. The second-order valence-electron chi connectivity index (χ2n) is 6.65. The maximum absolute atomic E-state index is 12.6. The predicted molar refractivity (Wildman–Crippen MR) is 108 cm³/mol. The number of nitrogens with one attached hydrogen (secondary N) is 2. The van der Waals surface area contributed by atoms with Gasteiger partial charge in [-0.3, -0.25) is 9.59 Å². The van der Waals surface area contributed by atoms with Gasteiger partial charge in [-0.05, 0) is 69.9 Å². The summed E-state index contributed by atoms with van der Waals surface area (Å²) < 4.78 is 5.29. The van der Waals surface area contributed by atoms with Crippen LogP contribution in [-0.2, 0) is 0 Å². The van der Waals surface area contributed by atoms with Gasteiger partial charge < -0.3 is 20.3 Å². The Hall–Kier alpha value is -2.86. The lowest BCUT2D eigenvalue weighted by atomic mass is 10.1. The molecule has 0 spiro atoms. The summed E-state index contributed by atoms with van der Waals surface area (Å²) in [6.45, 7) is 3.44. The van der Waals surface area contributed by atoms with Crippen molar-refractivity contribution in [2.75, 3.05) is 39.6 Å². The number of carbonyl (C=O) groups is 2. The third-order valence-electron chi connectivity index (χ3n) is 4.06. The Labute approximate surface area is 160 Å². The number of hydrogen-bond donors (Lipinski definition) is 2. The number of hydrogen-bond acceptors (Lipinski definition) is 4. The van der Waals surface area contributed by atoms with Gasteiger partial charge >= 0.3 is 0 Å². The molecule has 2 rings (SSSR count). The van der Waals surface area contributed by atoms with Gasteiger partial charge in [0.15, 0.2) is 0 Å². The molecule has 2 aromatic carbocycles. The fourth-order valence-electron chi connectivity index (χ4n) is 2.61. The van der Waals surface area contributed by atoms with Crippen molar-refractivity contribution < 1.29 is 14.3 Å². The molecular weight excluding hydrogens is 342 g/mol. The number of aryl methyl sites for hydroxylation is 1. The highest BCUT2D eigenvalue weighted by molar-refractivity contribution is 6.06. The zero-order chi connectivity index (χ0) is 19.8. The highest BCUT2D eigenvalue weighted by Crippen LogP contribution is 2.25. The smallest absolute Gasteiger partial charge is 0.255 e. The Balaban J connectivity index is 2.05. The van der Waals surface area contributed by atoms with E-state index in [2.05, 4.69) is 15.5 Å². The van der Waals surface area contributed by atoms with Gasteiger partial charge in [0.05, 0.1) is 12.8 Å². The van der Waals surface area contributed by atoms with Crippen molar-refractivity contribution in [3.8, 4) is 5.75 Å². The summed E-state index contributed by atoms with van der Waals surface area (Å²) >= 11 is 0. The zero-order valence-corrected chi connectivity index (χ0v) is 16.3. The molecule has 0 bridgehead atoms. The van der Waals surface area contributed by atoms with E-state index in [1.807, 2.05) is 39.2 Å². The van der Waals surface area contributed by atoms with Crippen LogP contribution < -0.4 is 15.4 Å². The topological polar surface area (TPSA) is 70.7 Å². The first-order valence-electron chi connectivity index (χ1n) is 8.89. The van der Waals surface area contributed by atoms with E-state index in [9.17, 15) is 9.59 Å². The van der Waals surface area contributed by atoms with E-state index in [0.717, 1.165) is 18.5 Å². The van der Waals surface area contributed by atoms with Crippen molar-refractivity contribution in [3.63, 3.8) is 0 Å². The van der Waals surface area contributed by atoms with Crippen LogP contribution in [0.1, 0.15) is 32.7 Å². The second kappa shape index (κ2) is 9.73. The van der Waals surface area contributed by atoms with Crippen LogP contribution in [-0.4, -0.2) is 51.0 Å². The van der Waals surface area contributed by atoms with E-state index >= 15 is 0 Å². The first-order valence-corrected chi connectivity index (χ1v) is 8.89. The molecule has 6 nitrogen and oxygen atoms in total. The Morgan fingerprint density at radius 1 is 1.04 bits per heavy atom. The molecule has 2 amide bonds. The summed E-state index contributed by atoms with van der Waals surface area (Å²) in [4.78, 5) is 27.0. The molecule has 0 unspecified atom stereocenters. The second-order valence-corrected chi connectivity index (χ2v) is 6.65. The van der Waals surface area contributed by atoms with Gasteiger partial charge in [-0.1, -0.05) is 12.1 Å². The Morgan fingerprint density at radius 3 is 2.41 bits per heavy atom. The lowest BCUT2D eigenvalue weighted by molar-refractivity contribution is 0.0952. The van der Waals surface area contributed by atoms with Crippen molar-refractivity contribution in [1.82, 2.24) is 10.2 Å². The Kier molecular flexibility index (Phi) is 7.37. The standard InChI is InChI=1S/C21H27N3O3/c1-15-9-10-19(27-4)18(13-15)23-21(26)17-8-5-7-16(14-17)20(25)22-11-6-12-24(2)3/h5,7-10,13-14H,6,11-12H2,1-4H3,(H,22,25)(H,23,26). The molecule has 0 radical (unpaired) electrons. The first-order chi connectivity index (χ1) is 12.9. The van der Waals surface area contributed by atoms with Crippen LogP contribution >= 0.6 is 0 Å². The number of amides is 2. The van der Waals surface area contributed by atoms with Crippen LogP contribution in [0.4, 0.5) is 5.69 Å². The fraction of sp³-hybridized carbons (Fsp3) is 0.333. The average molecular weight is 369 g/mol. The van der Waals surface area contributed by atoms with Gasteiger partial charge in [-0.2, -0.15) is 0 Å². The number of anilines is 1. The molecule has 0 aliphatic heterocycles. The summed E-state index contributed by atoms with van der Waals surface area (Å²) in [7, 11) is 5.54. The molecule has 2 N–H and O–H groups in total. The van der Waals surface area contributed by atoms with Crippen molar-refractivity contribution in [1.29, 1.82) is 0 Å². The van der Waals surface area contributed by atoms with E-state index in [1.54, 1.807) is 31.4 Å².